The van der Waals surface area contributed by atoms with Crippen molar-refractivity contribution in [3.05, 3.63) is 29.8 Å². The third-order valence-corrected chi connectivity index (χ3v) is 4.19. The molecule has 5 nitrogen and oxygen atoms in total. The number of phenolic OH excluding ortho intramolecular Hbond substituents is 1. The molecule has 0 radical (unpaired) electrons. The molecule has 5 heteroatoms. The first-order chi connectivity index (χ1) is 10.0. The first kappa shape index (κ1) is 15.4. The average Bonchev–Trinajstić information content (AvgIpc) is 2.91. The van der Waals surface area contributed by atoms with E-state index >= 15 is 0 Å². The Bertz CT molecular complexity index is 504. The van der Waals surface area contributed by atoms with Crippen molar-refractivity contribution in [2.24, 2.45) is 5.41 Å². The Morgan fingerprint density at radius 1 is 1.14 bits per heavy atom. The quantitative estimate of drug-likeness (QED) is 0.749. The SMILES string of the molecule is O=C(CC1(C(=O)O)CCCC1)NCCc1ccc(O)cc1. The molecule has 0 aliphatic heterocycles. The molecule has 0 spiro atoms. The standard InChI is InChI=1S/C16H21NO4/c18-13-5-3-12(4-6-13)7-10-17-14(19)11-16(15(20)21)8-1-2-9-16/h3-6,18H,1-2,7-11H2,(H,17,19)(H,20,21). The fraction of sp³-hybridized carbons (Fsp3) is 0.500. The van der Waals surface area contributed by atoms with Crippen molar-refractivity contribution in [2.45, 2.75) is 38.5 Å². The molecule has 1 aliphatic rings. The molecule has 0 atom stereocenters. The van der Waals surface area contributed by atoms with Crippen LogP contribution in [0.1, 0.15) is 37.7 Å². The van der Waals surface area contributed by atoms with E-state index in [1.54, 1.807) is 24.3 Å². The van der Waals surface area contributed by atoms with Crippen molar-refractivity contribution < 1.29 is 19.8 Å². The van der Waals surface area contributed by atoms with Crippen LogP contribution in [-0.2, 0) is 16.0 Å². The summed E-state index contributed by atoms with van der Waals surface area (Å²) >= 11 is 0. The maximum atomic E-state index is 11.9. The Kier molecular flexibility index (Phi) is 4.83. The number of phenols is 1. The van der Waals surface area contributed by atoms with Gasteiger partial charge in [-0.05, 0) is 37.0 Å². The first-order valence-electron chi connectivity index (χ1n) is 7.30. The fourth-order valence-corrected chi connectivity index (χ4v) is 2.90. The second-order valence-electron chi connectivity index (χ2n) is 5.74. The molecule has 114 valence electrons. The van der Waals surface area contributed by atoms with E-state index in [1.165, 1.54) is 0 Å². The molecule has 3 N–H and O–H groups in total. The van der Waals surface area contributed by atoms with Crippen LogP contribution >= 0.6 is 0 Å². The zero-order valence-corrected chi connectivity index (χ0v) is 12.0. The van der Waals surface area contributed by atoms with Gasteiger partial charge in [0.1, 0.15) is 5.75 Å². The molecule has 0 saturated heterocycles. The molecule has 0 aromatic heterocycles. The van der Waals surface area contributed by atoms with Crippen LogP contribution in [0.2, 0.25) is 0 Å². The normalized spacial score (nSPS) is 16.6. The van der Waals surface area contributed by atoms with Crippen LogP contribution < -0.4 is 5.32 Å². The van der Waals surface area contributed by atoms with Gasteiger partial charge in [-0.3, -0.25) is 9.59 Å². The lowest BCUT2D eigenvalue weighted by Gasteiger charge is -2.22. The van der Waals surface area contributed by atoms with Crippen LogP contribution in [0.4, 0.5) is 0 Å². The molecule has 1 fully saturated rings. The minimum atomic E-state index is -0.859. The van der Waals surface area contributed by atoms with E-state index in [1.807, 2.05) is 0 Å². The number of aromatic hydroxyl groups is 1. The number of carboxylic acid groups (broad SMARTS) is 1. The second kappa shape index (κ2) is 6.61. The van der Waals surface area contributed by atoms with Gasteiger partial charge in [-0.1, -0.05) is 25.0 Å². The number of rotatable bonds is 6. The van der Waals surface area contributed by atoms with Gasteiger partial charge in [0.05, 0.1) is 5.41 Å². The summed E-state index contributed by atoms with van der Waals surface area (Å²) in [5.41, 5.74) is 0.157. The van der Waals surface area contributed by atoms with Crippen molar-refractivity contribution in [3.63, 3.8) is 0 Å². The van der Waals surface area contributed by atoms with Crippen molar-refractivity contribution in [1.29, 1.82) is 0 Å². The maximum Gasteiger partial charge on any atom is 0.310 e. The number of aliphatic carboxylic acids is 1. The summed E-state index contributed by atoms with van der Waals surface area (Å²) in [4.78, 5) is 23.3. The molecule has 1 aromatic carbocycles. The minimum absolute atomic E-state index is 0.0674. The number of carbonyl (C=O) groups is 2. The molecule has 21 heavy (non-hydrogen) atoms. The van der Waals surface area contributed by atoms with Crippen LogP contribution in [-0.4, -0.2) is 28.6 Å². The third-order valence-electron chi connectivity index (χ3n) is 4.19. The highest BCUT2D eigenvalue weighted by Gasteiger charge is 2.42. The number of benzene rings is 1. The molecule has 1 saturated carbocycles. The van der Waals surface area contributed by atoms with Crippen LogP contribution in [0.3, 0.4) is 0 Å². The number of hydrogen-bond acceptors (Lipinski definition) is 3. The van der Waals surface area contributed by atoms with Crippen molar-refractivity contribution in [1.82, 2.24) is 5.32 Å². The van der Waals surface area contributed by atoms with Gasteiger partial charge in [0, 0.05) is 13.0 Å². The van der Waals surface area contributed by atoms with Crippen LogP contribution in [0.15, 0.2) is 24.3 Å². The topological polar surface area (TPSA) is 86.6 Å². The molecule has 0 unspecified atom stereocenters. The van der Waals surface area contributed by atoms with Gasteiger partial charge in [-0.15, -0.1) is 0 Å². The number of carbonyl (C=O) groups excluding carboxylic acids is 1. The smallest absolute Gasteiger partial charge is 0.310 e. The Morgan fingerprint density at radius 3 is 2.33 bits per heavy atom. The zero-order valence-electron chi connectivity index (χ0n) is 12.0. The van der Waals surface area contributed by atoms with Crippen molar-refractivity contribution in [3.8, 4) is 5.75 Å². The Morgan fingerprint density at radius 2 is 1.76 bits per heavy atom. The average molecular weight is 291 g/mol. The summed E-state index contributed by atoms with van der Waals surface area (Å²) in [7, 11) is 0. The number of nitrogens with one attached hydrogen (secondary N) is 1. The number of carboxylic acids is 1. The second-order valence-corrected chi connectivity index (χ2v) is 5.74. The molecular weight excluding hydrogens is 270 g/mol. The fourth-order valence-electron chi connectivity index (χ4n) is 2.90. The molecule has 0 heterocycles. The van der Waals surface area contributed by atoms with Crippen LogP contribution in [0.5, 0.6) is 5.75 Å². The van der Waals surface area contributed by atoms with Crippen molar-refractivity contribution in [2.75, 3.05) is 6.54 Å². The highest BCUT2D eigenvalue weighted by Crippen LogP contribution is 2.41. The largest absolute Gasteiger partial charge is 0.508 e. The van der Waals surface area contributed by atoms with E-state index in [0.29, 0.717) is 25.8 Å². The van der Waals surface area contributed by atoms with Gasteiger partial charge in [0.25, 0.3) is 0 Å². The summed E-state index contributed by atoms with van der Waals surface area (Å²) in [6.07, 6.45) is 3.67. The summed E-state index contributed by atoms with van der Waals surface area (Å²) in [6.45, 7) is 0.472. The van der Waals surface area contributed by atoms with E-state index in [9.17, 15) is 19.8 Å². The predicted octanol–water partition coefficient (Wildman–Crippen LogP) is 2.09. The third kappa shape index (κ3) is 3.97. The summed E-state index contributed by atoms with van der Waals surface area (Å²) in [5, 5.41) is 21.3. The van der Waals surface area contributed by atoms with Gasteiger partial charge >= 0.3 is 5.97 Å². The molecule has 1 aromatic rings. The minimum Gasteiger partial charge on any atom is -0.508 e. The molecule has 2 rings (SSSR count). The summed E-state index contributed by atoms with van der Waals surface area (Å²) < 4.78 is 0. The lowest BCUT2D eigenvalue weighted by molar-refractivity contribution is -0.151. The molecule has 1 aliphatic carbocycles. The number of hydrogen-bond donors (Lipinski definition) is 3. The van der Waals surface area contributed by atoms with Crippen LogP contribution in [0.25, 0.3) is 0 Å². The summed E-state index contributed by atoms with van der Waals surface area (Å²) in [6, 6.07) is 6.82. The lowest BCUT2D eigenvalue weighted by atomic mass is 9.82. The summed E-state index contributed by atoms with van der Waals surface area (Å²) in [5.74, 6) is -0.834. The maximum absolute atomic E-state index is 11.9. The lowest BCUT2D eigenvalue weighted by Crippen LogP contribution is -2.36. The van der Waals surface area contributed by atoms with Gasteiger partial charge in [-0.2, -0.15) is 0 Å². The Labute approximate surface area is 124 Å². The Hall–Kier alpha value is -2.04. The van der Waals surface area contributed by atoms with E-state index in [2.05, 4.69) is 5.32 Å². The Balaban J connectivity index is 1.79. The molecule has 1 amide bonds. The molecule has 0 bridgehead atoms. The van der Waals surface area contributed by atoms with E-state index in [0.717, 1.165) is 18.4 Å². The van der Waals surface area contributed by atoms with Crippen LogP contribution in [0, 0.1) is 5.41 Å². The predicted molar refractivity (Wildman–Crippen MR) is 78.0 cm³/mol. The van der Waals surface area contributed by atoms with Gasteiger partial charge < -0.3 is 15.5 Å². The molecular formula is C16H21NO4. The van der Waals surface area contributed by atoms with Crippen molar-refractivity contribution >= 4 is 11.9 Å². The first-order valence-corrected chi connectivity index (χ1v) is 7.30. The van der Waals surface area contributed by atoms with E-state index in [-0.39, 0.29) is 18.1 Å². The zero-order chi connectivity index (χ0) is 15.3. The number of amides is 1. The van der Waals surface area contributed by atoms with Gasteiger partial charge in [-0.25, -0.2) is 0 Å². The highest BCUT2D eigenvalue weighted by molar-refractivity contribution is 5.85. The van der Waals surface area contributed by atoms with E-state index in [4.69, 9.17) is 0 Å². The highest BCUT2D eigenvalue weighted by atomic mass is 16.4. The van der Waals surface area contributed by atoms with E-state index < -0.39 is 11.4 Å². The van der Waals surface area contributed by atoms with Gasteiger partial charge in [0.15, 0.2) is 0 Å². The van der Waals surface area contributed by atoms with Gasteiger partial charge in [0.2, 0.25) is 5.91 Å². The monoisotopic (exact) mass is 291 g/mol.